The van der Waals surface area contributed by atoms with Crippen molar-refractivity contribution in [3.8, 4) is 0 Å². The van der Waals surface area contributed by atoms with Crippen LogP contribution in [0, 0.1) is 0 Å². The number of aromatic nitrogens is 4. The molecule has 1 fully saturated rings. The molecule has 0 aliphatic carbocycles. The van der Waals surface area contributed by atoms with E-state index in [1.807, 2.05) is 41.4 Å². The summed E-state index contributed by atoms with van der Waals surface area (Å²) in [5.41, 5.74) is 0.746. The first kappa shape index (κ1) is 16.2. The number of benzene rings is 1. The van der Waals surface area contributed by atoms with Gasteiger partial charge in [0.15, 0.2) is 0 Å². The number of carbonyl (C=O) groups is 1. The SMILES string of the molecule is O=C(CCn1cccn1)N1[C@@H]2CC[C@H]1Cn1c(nc3ccccc3c1=O)C2. The number of amides is 1. The zero-order valence-corrected chi connectivity index (χ0v) is 15.0. The highest BCUT2D eigenvalue weighted by Gasteiger charge is 2.40. The standard InChI is InChI=1S/C20H21N5O2/c26-19(8-11-23-10-3-9-21-23)25-14-6-7-15(25)13-24-18(12-14)22-17-5-2-1-4-16(17)20(24)27/h1-5,9-10,14-15H,6-8,11-13H2/t14-,15+/m1/s1. The molecule has 2 atom stereocenters. The maximum Gasteiger partial charge on any atom is 0.261 e. The highest BCUT2D eigenvalue weighted by molar-refractivity contribution is 5.78. The van der Waals surface area contributed by atoms with Crippen LogP contribution in [-0.2, 0) is 24.3 Å². The molecule has 7 nitrogen and oxygen atoms in total. The van der Waals surface area contributed by atoms with E-state index >= 15 is 0 Å². The average molecular weight is 363 g/mol. The van der Waals surface area contributed by atoms with Crippen molar-refractivity contribution in [2.45, 2.75) is 50.9 Å². The topological polar surface area (TPSA) is 73.0 Å². The first-order valence-electron chi connectivity index (χ1n) is 9.48. The van der Waals surface area contributed by atoms with Crippen LogP contribution in [0.4, 0.5) is 0 Å². The van der Waals surface area contributed by atoms with E-state index in [-0.39, 0.29) is 23.6 Å². The molecule has 4 heterocycles. The van der Waals surface area contributed by atoms with Crippen LogP contribution >= 0.6 is 0 Å². The molecule has 0 saturated carbocycles. The van der Waals surface area contributed by atoms with E-state index in [0.717, 1.165) is 24.2 Å². The fraction of sp³-hybridized carbons (Fsp3) is 0.400. The third-order valence-corrected chi connectivity index (χ3v) is 5.77. The van der Waals surface area contributed by atoms with Gasteiger partial charge in [-0.2, -0.15) is 5.10 Å². The lowest BCUT2D eigenvalue weighted by molar-refractivity contribution is -0.134. The van der Waals surface area contributed by atoms with Gasteiger partial charge < -0.3 is 4.90 Å². The molecular weight excluding hydrogens is 342 g/mol. The van der Waals surface area contributed by atoms with Gasteiger partial charge in [0.25, 0.3) is 5.56 Å². The van der Waals surface area contributed by atoms with E-state index in [1.54, 1.807) is 15.4 Å². The predicted octanol–water partition coefficient (Wildman–Crippen LogP) is 1.60. The Morgan fingerprint density at radius 2 is 2.00 bits per heavy atom. The Hall–Kier alpha value is -2.96. The van der Waals surface area contributed by atoms with Crippen LogP contribution in [-0.4, -0.2) is 42.2 Å². The summed E-state index contributed by atoms with van der Waals surface area (Å²) in [7, 11) is 0. The van der Waals surface area contributed by atoms with E-state index in [0.29, 0.717) is 31.3 Å². The lowest BCUT2D eigenvalue weighted by Crippen LogP contribution is -2.42. The van der Waals surface area contributed by atoms with Crippen LogP contribution in [0.15, 0.2) is 47.5 Å². The largest absolute Gasteiger partial charge is 0.334 e. The summed E-state index contributed by atoms with van der Waals surface area (Å²) in [4.78, 5) is 32.7. The monoisotopic (exact) mass is 363 g/mol. The second kappa shape index (κ2) is 6.33. The minimum absolute atomic E-state index is 0.00656. The number of para-hydroxylation sites is 1. The molecule has 1 saturated heterocycles. The number of fused-ring (bicyclic) bond motifs is 4. The van der Waals surface area contributed by atoms with Crippen LogP contribution < -0.4 is 5.56 Å². The Balaban J connectivity index is 1.45. The molecule has 5 rings (SSSR count). The van der Waals surface area contributed by atoms with Gasteiger partial charge in [-0.25, -0.2) is 4.98 Å². The van der Waals surface area contributed by atoms with Gasteiger partial charge in [0.2, 0.25) is 5.91 Å². The molecule has 0 spiro atoms. The van der Waals surface area contributed by atoms with Gasteiger partial charge in [0.1, 0.15) is 5.82 Å². The second-order valence-corrected chi connectivity index (χ2v) is 7.37. The zero-order valence-electron chi connectivity index (χ0n) is 15.0. The Labute approximate surface area is 156 Å². The minimum Gasteiger partial charge on any atom is -0.334 e. The van der Waals surface area contributed by atoms with E-state index in [4.69, 9.17) is 4.98 Å². The summed E-state index contributed by atoms with van der Waals surface area (Å²) in [6, 6.07) is 9.54. The molecule has 0 radical (unpaired) electrons. The highest BCUT2D eigenvalue weighted by atomic mass is 16.2. The van der Waals surface area contributed by atoms with Gasteiger partial charge in [0.05, 0.1) is 16.9 Å². The predicted molar refractivity (Wildman–Crippen MR) is 100 cm³/mol. The third-order valence-electron chi connectivity index (χ3n) is 5.77. The van der Waals surface area contributed by atoms with Gasteiger partial charge >= 0.3 is 0 Å². The van der Waals surface area contributed by atoms with Gasteiger partial charge in [0, 0.05) is 44.4 Å². The normalized spacial score (nSPS) is 21.3. The Bertz CT molecular complexity index is 1060. The molecular formula is C20H21N5O2. The fourth-order valence-corrected chi connectivity index (χ4v) is 4.50. The Morgan fingerprint density at radius 1 is 1.15 bits per heavy atom. The third kappa shape index (κ3) is 2.74. The van der Waals surface area contributed by atoms with Crippen molar-refractivity contribution in [1.82, 2.24) is 24.2 Å². The highest BCUT2D eigenvalue weighted by Crippen LogP contribution is 2.31. The maximum absolute atomic E-state index is 13.0. The first-order valence-corrected chi connectivity index (χ1v) is 9.48. The van der Waals surface area contributed by atoms with Crippen LogP contribution in [0.25, 0.3) is 10.9 Å². The number of rotatable bonds is 3. The summed E-state index contributed by atoms with van der Waals surface area (Å²) in [6.45, 7) is 1.12. The van der Waals surface area contributed by atoms with E-state index in [2.05, 4.69) is 5.10 Å². The molecule has 138 valence electrons. The Kier molecular flexibility index (Phi) is 3.81. The van der Waals surface area contributed by atoms with E-state index in [9.17, 15) is 9.59 Å². The number of hydrogen-bond donors (Lipinski definition) is 0. The van der Waals surface area contributed by atoms with Crippen molar-refractivity contribution in [1.29, 1.82) is 0 Å². The quantitative estimate of drug-likeness (QED) is 0.709. The average Bonchev–Trinajstić information content (AvgIpc) is 3.28. The van der Waals surface area contributed by atoms with Gasteiger partial charge in [-0.1, -0.05) is 12.1 Å². The maximum atomic E-state index is 13.0. The molecule has 3 aromatic rings. The first-order chi connectivity index (χ1) is 13.2. The molecule has 27 heavy (non-hydrogen) atoms. The summed E-state index contributed by atoms with van der Waals surface area (Å²) in [5.74, 6) is 0.944. The number of hydrogen-bond acceptors (Lipinski definition) is 4. The van der Waals surface area contributed by atoms with Gasteiger partial charge in [-0.05, 0) is 31.0 Å². The summed E-state index contributed by atoms with van der Waals surface area (Å²) in [5, 5.41) is 4.82. The van der Waals surface area contributed by atoms with Crippen molar-refractivity contribution in [3.05, 3.63) is 58.9 Å². The van der Waals surface area contributed by atoms with E-state index < -0.39 is 0 Å². The van der Waals surface area contributed by atoms with Crippen molar-refractivity contribution in [3.63, 3.8) is 0 Å². The molecule has 2 aliphatic rings. The van der Waals surface area contributed by atoms with Crippen molar-refractivity contribution < 1.29 is 4.79 Å². The summed E-state index contributed by atoms with van der Waals surface area (Å²) >= 11 is 0. The molecule has 2 aromatic heterocycles. The molecule has 2 bridgehead atoms. The smallest absolute Gasteiger partial charge is 0.261 e. The van der Waals surface area contributed by atoms with Crippen molar-refractivity contribution in [2.24, 2.45) is 0 Å². The van der Waals surface area contributed by atoms with E-state index in [1.165, 1.54) is 0 Å². The summed E-state index contributed by atoms with van der Waals surface area (Å²) in [6.07, 6.45) is 6.58. The molecule has 1 aromatic carbocycles. The van der Waals surface area contributed by atoms with Crippen LogP contribution in [0.2, 0.25) is 0 Å². The van der Waals surface area contributed by atoms with Crippen LogP contribution in [0.1, 0.15) is 25.1 Å². The Morgan fingerprint density at radius 3 is 2.85 bits per heavy atom. The number of aryl methyl sites for hydroxylation is 1. The molecule has 0 N–H and O–H groups in total. The molecule has 1 amide bonds. The minimum atomic E-state index is 0.00656. The number of nitrogens with zero attached hydrogens (tertiary/aromatic N) is 5. The van der Waals surface area contributed by atoms with Crippen LogP contribution in [0.3, 0.4) is 0 Å². The zero-order chi connectivity index (χ0) is 18.4. The number of carbonyl (C=O) groups excluding carboxylic acids is 1. The second-order valence-electron chi connectivity index (χ2n) is 7.37. The molecule has 7 heteroatoms. The van der Waals surface area contributed by atoms with Crippen LogP contribution in [0.5, 0.6) is 0 Å². The van der Waals surface area contributed by atoms with Crippen molar-refractivity contribution >= 4 is 16.8 Å². The molecule has 2 aliphatic heterocycles. The van der Waals surface area contributed by atoms with Gasteiger partial charge in [-0.15, -0.1) is 0 Å². The lowest BCUT2D eigenvalue weighted by Gasteiger charge is -2.27. The van der Waals surface area contributed by atoms with Gasteiger partial charge in [-0.3, -0.25) is 18.8 Å². The fourth-order valence-electron chi connectivity index (χ4n) is 4.50. The summed E-state index contributed by atoms with van der Waals surface area (Å²) < 4.78 is 3.57. The van der Waals surface area contributed by atoms with Crippen molar-refractivity contribution in [2.75, 3.05) is 0 Å². The lowest BCUT2D eigenvalue weighted by atomic mass is 10.1. The molecule has 0 unspecified atom stereocenters.